The van der Waals surface area contributed by atoms with Crippen LogP contribution in [0, 0.1) is 12.7 Å². The summed E-state index contributed by atoms with van der Waals surface area (Å²) in [6.45, 7) is 1.87. The molecule has 0 N–H and O–H groups in total. The molecule has 86 valence electrons. The topological polar surface area (TPSA) is 26.3 Å². The van der Waals surface area contributed by atoms with Gasteiger partial charge in [0.05, 0.1) is 5.56 Å². The van der Waals surface area contributed by atoms with E-state index in [1.54, 1.807) is 30.3 Å². The van der Waals surface area contributed by atoms with Crippen LogP contribution in [0.15, 0.2) is 48.5 Å². The summed E-state index contributed by atoms with van der Waals surface area (Å²) in [6.07, 6.45) is 0. The fourth-order valence-electron chi connectivity index (χ4n) is 1.46. The van der Waals surface area contributed by atoms with Crippen molar-refractivity contribution in [2.45, 2.75) is 6.92 Å². The second-order valence-corrected chi connectivity index (χ2v) is 3.69. The summed E-state index contributed by atoms with van der Waals surface area (Å²) in [5.74, 6) is -1.16. The molecule has 0 aliphatic heterocycles. The number of halogens is 1. The number of rotatable bonds is 2. The molecule has 0 atom stereocenters. The lowest BCUT2D eigenvalue weighted by Crippen LogP contribution is -2.09. The van der Waals surface area contributed by atoms with Crippen LogP contribution in [-0.4, -0.2) is 5.97 Å². The molecular weight excluding hydrogens is 219 g/mol. The molecule has 2 aromatic carbocycles. The van der Waals surface area contributed by atoms with Crippen molar-refractivity contribution in [3.63, 3.8) is 0 Å². The van der Waals surface area contributed by atoms with Crippen molar-refractivity contribution in [1.29, 1.82) is 0 Å². The van der Waals surface area contributed by atoms with Crippen LogP contribution in [0.1, 0.15) is 15.9 Å². The summed E-state index contributed by atoms with van der Waals surface area (Å²) >= 11 is 0. The van der Waals surface area contributed by atoms with Crippen molar-refractivity contribution in [2.24, 2.45) is 0 Å². The van der Waals surface area contributed by atoms with Crippen molar-refractivity contribution in [3.05, 3.63) is 65.5 Å². The van der Waals surface area contributed by atoms with Crippen LogP contribution >= 0.6 is 0 Å². The first-order valence-corrected chi connectivity index (χ1v) is 5.20. The SMILES string of the molecule is Cc1cccc(C(=O)Oc2ccccc2F)c1. The van der Waals surface area contributed by atoms with Crippen LogP contribution in [0.4, 0.5) is 4.39 Å². The molecule has 0 saturated carbocycles. The lowest BCUT2D eigenvalue weighted by molar-refractivity contribution is 0.0728. The number of ether oxygens (including phenoxy) is 1. The highest BCUT2D eigenvalue weighted by molar-refractivity contribution is 5.91. The van der Waals surface area contributed by atoms with Crippen LogP contribution in [0.5, 0.6) is 5.75 Å². The first-order chi connectivity index (χ1) is 8.16. The van der Waals surface area contributed by atoms with E-state index in [-0.39, 0.29) is 5.75 Å². The van der Waals surface area contributed by atoms with Crippen molar-refractivity contribution in [3.8, 4) is 5.75 Å². The third-order valence-electron chi connectivity index (χ3n) is 2.29. The van der Waals surface area contributed by atoms with Crippen LogP contribution in [0.2, 0.25) is 0 Å². The van der Waals surface area contributed by atoms with Crippen LogP contribution < -0.4 is 4.74 Å². The molecule has 0 heterocycles. The zero-order chi connectivity index (χ0) is 12.3. The largest absolute Gasteiger partial charge is 0.420 e. The van der Waals surface area contributed by atoms with Gasteiger partial charge >= 0.3 is 5.97 Å². The summed E-state index contributed by atoms with van der Waals surface area (Å²) < 4.78 is 18.2. The minimum absolute atomic E-state index is 0.0565. The molecule has 0 saturated heterocycles. The molecule has 0 radical (unpaired) electrons. The standard InChI is InChI=1S/C14H11FO2/c1-10-5-4-6-11(9-10)14(16)17-13-8-3-2-7-12(13)15/h2-9H,1H3. The molecule has 0 fully saturated rings. The lowest BCUT2D eigenvalue weighted by atomic mass is 10.1. The van der Waals surface area contributed by atoms with Gasteiger partial charge in [0.2, 0.25) is 0 Å². The van der Waals surface area contributed by atoms with E-state index in [2.05, 4.69) is 0 Å². The molecule has 17 heavy (non-hydrogen) atoms. The molecule has 3 heteroatoms. The molecule has 0 bridgehead atoms. The zero-order valence-electron chi connectivity index (χ0n) is 9.31. The third kappa shape index (κ3) is 2.69. The van der Waals surface area contributed by atoms with Crippen molar-refractivity contribution in [1.82, 2.24) is 0 Å². The molecule has 0 aliphatic carbocycles. The van der Waals surface area contributed by atoms with Crippen molar-refractivity contribution < 1.29 is 13.9 Å². The number of carbonyl (C=O) groups is 1. The molecule has 0 amide bonds. The Hall–Kier alpha value is -2.16. The normalized spacial score (nSPS) is 10.0. The van der Waals surface area contributed by atoms with Gasteiger partial charge in [0.1, 0.15) is 0 Å². The number of carbonyl (C=O) groups excluding carboxylic acids is 1. The monoisotopic (exact) mass is 230 g/mol. The second kappa shape index (κ2) is 4.78. The van der Waals surface area contributed by atoms with Gasteiger partial charge in [-0.15, -0.1) is 0 Å². The van der Waals surface area contributed by atoms with E-state index in [0.717, 1.165) is 5.56 Å². The number of hydrogen-bond donors (Lipinski definition) is 0. The average molecular weight is 230 g/mol. The van der Waals surface area contributed by atoms with Gasteiger partial charge in [0.15, 0.2) is 11.6 Å². The molecule has 0 spiro atoms. The molecule has 2 aromatic rings. The Morgan fingerprint density at radius 3 is 2.59 bits per heavy atom. The number of aryl methyl sites for hydroxylation is 1. The molecular formula is C14H11FO2. The van der Waals surface area contributed by atoms with Gasteiger partial charge in [-0.05, 0) is 31.2 Å². The average Bonchev–Trinajstić information content (AvgIpc) is 2.32. The van der Waals surface area contributed by atoms with Gasteiger partial charge in [0.25, 0.3) is 0 Å². The minimum Gasteiger partial charge on any atom is -0.420 e. The van der Waals surface area contributed by atoms with Crippen LogP contribution in [0.25, 0.3) is 0 Å². The van der Waals surface area contributed by atoms with Gasteiger partial charge in [-0.1, -0.05) is 29.8 Å². The summed E-state index contributed by atoms with van der Waals surface area (Å²) in [6, 6.07) is 12.8. The predicted octanol–water partition coefficient (Wildman–Crippen LogP) is 3.35. The van der Waals surface area contributed by atoms with Crippen molar-refractivity contribution >= 4 is 5.97 Å². The van der Waals surface area contributed by atoms with Gasteiger partial charge in [-0.25, -0.2) is 9.18 Å². The summed E-state index contributed by atoms with van der Waals surface area (Å²) in [5.41, 5.74) is 1.36. The fraction of sp³-hybridized carbons (Fsp3) is 0.0714. The van der Waals surface area contributed by atoms with Gasteiger partial charge in [0, 0.05) is 0 Å². The maximum Gasteiger partial charge on any atom is 0.343 e. The smallest absolute Gasteiger partial charge is 0.343 e. The van der Waals surface area contributed by atoms with E-state index < -0.39 is 11.8 Å². The predicted molar refractivity (Wildman–Crippen MR) is 62.5 cm³/mol. The Labute approximate surface area is 98.7 Å². The molecule has 0 aliphatic rings. The Bertz CT molecular complexity index is 549. The molecule has 0 unspecified atom stereocenters. The number of hydrogen-bond acceptors (Lipinski definition) is 2. The Morgan fingerprint density at radius 1 is 1.12 bits per heavy atom. The Balaban J connectivity index is 2.20. The van der Waals surface area contributed by atoms with Crippen molar-refractivity contribution in [2.75, 3.05) is 0 Å². The van der Waals surface area contributed by atoms with Crippen LogP contribution in [-0.2, 0) is 0 Å². The number of benzene rings is 2. The Morgan fingerprint density at radius 2 is 1.88 bits per heavy atom. The van der Waals surface area contributed by atoms with E-state index in [9.17, 15) is 9.18 Å². The van der Waals surface area contributed by atoms with Gasteiger partial charge in [-0.3, -0.25) is 0 Å². The van der Waals surface area contributed by atoms with E-state index in [0.29, 0.717) is 5.56 Å². The first-order valence-electron chi connectivity index (χ1n) is 5.20. The maximum atomic E-state index is 13.3. The number of esters is 1. The summed E-state index contributed by atoms with van der Waals surface area (Å²) in [5, 5.41) is 0. The highest BCUT2D eigenvalue weighted by atomic mass is 19.1. The maximum absolute atomic E-state index is 13.3. The second-order valence-electron chi connectivity index (χ2n) is 3.69. The number of para-hydroxylation sites is 1. The van der Waals surface area contributed by atoms with Crippen LogP contribution in [0.3, 0.4) is 0 Å². The zero-order valence-corrected chi connectivity index (χ0v) is 9.31. The summed E-state index contributed by atoms with van der Waals surface area (Å²) in [7, 11) is 0. The van der Waals surface area contributed by atoms with Gasteiger partial charge in [-0.2, -0.15) is 0 Å². The van der Waals surface area contributed by atoms with Gasteiger partial charge < -0.3 is 4.74 Å². The lowest BCUT2D eigenvalue weighted by Gasteiger charge is -2.05. The van der Waals surface area contributed by atoms with E-state index in [4.69, 9.17) is 4.74 Å². The highest BCUT2D eigenvalue weighted by Gasteiger charge is 2.10. The first kappa shape index (κ1) is 11.3. The molecule has 2 rings (SSSR count). The molecule has 2 nitrogen and oxygen atoms in total. The third-order valence-corrected chi connectivity index (χ3v) is 2.29. The van der Waals surface area contributed by atoms with E-state index in [1.807, 2.05) is 13.0 Å². The fourth-order valence-corrected chi connectivity index (χ4v) is 1.46. The molecule has 0 aromatic heterocycles. The van der Waals surface area contributed by atoms with E-state index in [1.165, 1.54) is 12.1 Å². The highest BCUT2D eigenvalue weighted by Crippen LogP contribution is 2.17. The minimum atomic E-state index is -0.557. The van der Waals surface area contributed by atoms with E-state index >= 15 is 0 Å². The summed E-state index contributed by atoms with van der Waals surface area (Å²) in [4.78, 5) is 11.7. The Kier molecular flexibility index (Phi) is 3.19. The quantitative estimate of drug-likeness (QED) is 0.584.